The molecule has 2 rings (SSSR count). The Kier molecular flexibility index (Phi) is 10.3. The maximum atomic E-state index is 9.88. The van der Waals surface area contributed by atoms with Crippen LogP contribution in [-0.4, -0.2) is 43.1 Å². The fraction of sp³-hybridized carbons (Fsp3) is 1.00. The zero-order valence-electron chi connectivity index (χ0n) is 15.6. The minimum absolute atomic E-state index is 0.0721. The lowest BCUT2D eigenvalue weighted by Gasteiger charge is -2.16. The third kappa shape index (κ3) is 7.81. The summed E-state index contributed by atoms with van der Waals surface area (Å²) >= 11 is 0. The van der Waals surface area contributed by atoms with Gasteiger partial charge in [-0.15, -0.1) is 0 Å². The van der Waals surface area contributed by atoms with Crippen LogP contribution in [0.4, 0.5) is 0 Å². The van der Waals surface area contributed by atoms with E-state index in [1.54, 1.807) is 0 Å². The third-order valence-corrected chi connectivity index (χ3v) is 5.85. The Morgan fingerprint density at radius 2 is 1.54 bits per heavy atom. The quantitative estimate of drug-likeness (QED) is 0.450. The highest BCUT2D eigenvalue weighted by atomic mass is 16.5. The molecule has 3 atom stereocenters. The summed E-state index contributed by atoms with van der Waals surface area (Å²) in [5.74, 6) is 0.862. The molecule has 4 heteroatoms. The highest BCUT2D eigenvalue weighted by Crippen LogP contribution is 2.24. The number of nitrogens with two attached hydrogens (primary N) is 1. The molecule has 2 aliphatic rings. The standard InChI is InChI=1S/C20H40N2O2/c21-18-15-22-19(20(18)23)13-7-5-3-1-2-4-6-10-14-24-16-17-11-8-9-12-17/h17-20,22-23H,1-16,21H2/t18-,19+,20-/m0/s1. The molecule has 0 radical (unpaired) electrons. The molecule has 0 aromatic heterocycles. The van der Waals surface area contributed by atoms with Gasteiger partial charge in [-0.05, 0) is 31.6 Å². The van der Waals surface area contributed by atoms with Crippen LogP contribution >= 0.6 is 0 Å². The van der Waals surface area contributed by atoms with Crippen LogP contribution in [0.1, 0.15) is 83.5 Å². The maximum Gasteiger partial charge on any atom is 0.0856 e. The number of hydrogen-bond acceptors (Lipinski definition) is 4. The molecule has 0 bridgehead atoms. The van der Waals surface area contributed by atoms with Crippen molar-refractivity contribution in [1.29, 1.82) is 0 Å². The molecule has 0 aromatic rings. The summed E-state index contributed by atoms with van der Waals surface area (Å²) in [5, 5.41) is 13.2. The zero-order valence-corrected chi connectivity index (χ0v) is 15.6. The van der Waals surface area contributed by atoms with Crippen molar-refractivity contribution in [3.8, 4) is 0 Å². The minimum Gasteiger partial charge on any atom is -0.390 e. The van der Waals surface area contributed by atoms with Crippen molar-refractivity contribution < 1.29 is 9.84 Å². The number of aliphatic hydroxyl groups is 1. The lowest BCUT2D eigenvalue weighted by atomic mass is 10.0. The second-order valence-corrected chi connectivity index (χ2v) is 8.01. The normalized spacial score (nSPS) is 28.0. The van der Waals surface area contributed by atoms with Crippen LogP contribution in [0, 0.1) is 5.92 Å². The van der Waals surface area contributed by atoms with Gasteiger partial charge in [0.1, 0.15) is 0 Å². The molecule has 1 aliphatic heterocycles. The van der Waals surface area contributed by atoms with Crippen LogP contribution in [0.2, 0.25) is 0 Å². The zero-order chi connectivity index (χ0) is 17.0. The second-order valence-electron chi connectivity index (χ2n) is 8.01. The van der Waals surface area contributed by atoms with E-state index in [2.05, 4.69) is 5.32 Å². The van der Waals surface area contributed by atoms with Gasteiger partial charge in [0.15, 0.2) is 0 Å². The monoisotopic (exact) mass is 340 g/mol. The van der Waals surface area contributed by atoms with E-state index in [0.717, 1.165) is 32.1 Å². The fourth-order valence-corrected chi connectivity index (χ4v) is 4.16. The molecule has 0 amide bonds. The first-order chi connectivity index (χ1) is 11.8. The van der Waals surface area contributed by atoms with Gasteiger partial charge in [-0.25, -0.2) is 0 Å². The average molecular weight is 341 g/mol. The van der Waals surface area contributed by atoms with Crippen molar-refractivity contribution in [2.45, 2.75) is 102 Å². The van der Waals surface area contributed by atoms with E-state index in [1.807, 2.05) is 0 Å². The molecule has 1 saturated heterocycles. The number of rotatable bonds is 13. The molecular weight excluding hydrogens is 300 g/mol. The smallest absolute Gasteiger partial charge is 0.0856 e. The van der Waals surface area contributed by atoms with Crippen molar-refractivity contribution in [2.24, 2.45) is 11.7 Å². The SMILES string of the molecule is N[C@H]1CN[C@H](CCCCCCCCCCOCC2CCCC2)[C@H]1O. The van der Waals surface area contributed by atoms with E-state index < -0.39 is 0 Å². The molecule has 1 aliphatic carbocycles. The van der Waals surface area contributed by atoms with Crippen molar-refractivity contribution in [1.82, 2.24) is 5.32 Å². The number of ether oxygens (including phenoxy) is 1. The van der Waals surface area contributed by atoms with E-state index in [-0.39, 0.29) is 18.2 Å². The van der Waals surface area contributed by atoms with Crippen LogP contribution in [0.25, 0.3) is 0 Å². The molecule has 24 heavy (non-hydrogen) atoms. The fourth-order valence-electron chi connectivity index (χ4n) is 4.16. The molecule has 2 fully saturated rings. The summed E-state index contributed by atoms with van der Waals surface area (Å²) in [7, 11) is 0. The number of unbranched alkanes of at least 4 members (excludes halogenated alkanes) is 7. The van der Waals surface area contributed by atoms with Crippen LogP contribution in [0.15, 0.2) is 0 Å². The van der Waals surface area contributed by atoms with E-state index in [9.17, 15) is 5.11 Å². The van der Waals surface area contributed by atoms with Gasteiger partial charge in [0.05, 0.1) is 6.10 Å². The Labute approximate surface area is 148 Å². The summed E-state index contributed by atoms with van der Waals surface area (Å²) in [6, 6.07) is 0.154. The third-order valence-electron chi connectivity index (χ3n) is 5.85. The number of nitrogens with one attached hydrogen (secondary N) is 1. The Bertz CT molecular complexity index is 308. The van der Waals surface area contributed by atoms with Crippen molar-refractivity contribution >= 4 is 0 Å². The Morgan fingerprint density at radius 3 is 2.17 bits per heavy atom. The molecule has 0 unspecified atom stereocenters. The second kappa shape index (κ2) is 12.2. The van der Waals surface area contributed by atoms with Gasteiger partial charge in [-0.2, -0.15) is 0 Å². The van der Waals surface area contributed by atoms with Crippen molar-refractivity contribution in [2.75, 3.05) is 19.8 Å². The molecule has 142 valence electrons. The Morgan fingerprint density at radius 1 is 0.917 bits per heavy atom. The number of aliphatic hydroxyl groups excluding tert-OH is 1. The Balaban J connectivity index is 1.27. The lowest BCUT2D eigenvalue weighted by Crippen LogP contribution is -2.37. The highest BCUT2D eigenvalue weighted by molar-refractivity contribution is 4.92. The summed E-state index contributed by atoms with van der Waals surface area (Å²) in [6.45, 7) is 2.74. The van der Waals surface area contributed by atoms with E-state index in [1.165, 1.54) is 77.0 Å². The van der Waals surface area contributed by atoms with Crippen LogP contribution in [-0.2, 0) is 4.74 Å². The van der Waals surface area contributed by atoms with Gasteiger partial charge in [0.2, 0.25) is 0 Å². The van der Waals surface area contributed by atoms with Gasteiger partial charge in [0.25, 0.3) is 0 Å². The first-order valence-electron chi connectivity index (χ1n) is 10.5. The number of hydrogen-bond donors (Lipinski definition) is 3. The van der Waals surface area contributed by atoms with E-state index >= 15 is 0 Å². The van der Waals surface area contributed by atoms with Crippen LogP contribution < -0.4 is 11.1 Å². The van der Waals surface area contributed by atoms with Gasteiger partial charge >= 0.3 is 0 Å². The predicted molar refractivity (Wildman–Crippen MR) is 100 cm³/mol. The first kappa shape index (κ1) is 20.2. The van der Waals surface area contributed by atoms with Crippen LogP contribution in [0.3, 0.4) is 0 Å². The van der Waals surface area contributed by atoms with E-state index in [0.29, 0.717) is 0 Å². The Hall–Kier alpha value is -0.160. The molecule has 0 aromatic carbocycles. The van der Waals surface area contributed by atoms with E-state index in [4.69, 9.17) is 10.5 Å². The predicted octanol–water partition coefficient (Wildman–Crippen LogP) is 3.36. The molecular formula is C20H40N2O2. The molecule has 1 heterocycles. The maximum absolute atomic E-state index is 9.88. The molecule has 4 N–H and O–H groups in total. The summed E-state index contributed by atoms with van der Waals surface area (Å²) in [6.07, 6.45) is 16.8. The summed E-state index contributed by atoms with van der Waals surface area (Å²) in [5.41, 5.74) is 5.81. The average Bonchev–Trinajstić information content (AvgIpc) is 3.21. The summed E-state index contributed by atoms with van der Waals surface area (Å²) < 4.78 is 5.81. The highest BCUT2D eigenvalue weighted by Gasteiger charge is 2.30. The van der Waals surface area contributed by atoms with Crippen molar-refractivity contribution in [3.63, 3.8) is 0 Å². The molecule has 4 nitrogen and oxygen atoms in total. The van der Waals surface area contributed by atoms with Crippen LogP contribution in [0.5, 0.6) is 0 Å². The minimum atomic E-state index is -0.346. The first-order valence-corrected chi connectivity index (χ1v) is 10.5. The topological polar surface area (TPSA) is 67.5 Å². The van der Waals surface area contributed by atoms with Gasteiger partial charge in [-0.1, -0.05) is 57.8 Å². The van der Waals surface area contributed by atoms with Crippen molar-refractivity contribution in [3.05, 3.63) is 0 Å². The molecule has 0 spiro atoms. The summed E-state index contributed by atoms with van der Waals surface area (Å²) in [4.78, 5) is 0. The molecule has 1 saturated carbocycles. The lowest BCUT2D eigenvalue weighted by molar-refractivity contribution is 0.0978. The van der Waals surface area contributed by atoms with Gasteiger partial charge in [-0.3, -0.25) is 0 Å². The van der Waals surface area contributed by atoms with Gasteiger partial charge < -0.3 is 20.9 Å². The van der Waals surface area contributed by atoms with Gasteiger partial charge in [0, 0.05) is 31.8 Å². The largest absolute Gasteiger partial charge is 0.390 e.